The summed E-state index contributed by atoms with van der Waals surface area (Å²) in [5.74, 6) is -0.848. The smallest absolute Gasteiger partial charge is 0.184 e. The summed E-state index contributed by atoms with van der Waals surface area (Å²) < 4.78 is 32.5. The molecule has 0 aromatic heterocycles. The minimum Gasteiger partial charge on any atom is -0.454 e. The fourth-order valence-corrected chi connectivity index (χ4v) is 2.16. The summed E-state index contributed by atoms with van der Waals surface area (Å²) in [7, 11) is 0. The Hall–Kier alpha value is -1.13. The fraction of sp³-hybridized carbons (Fsp3) is 0.0769. The number of hydrogen-bond donors (Lipinski definition) is 0. The second-order valence-electron chi connectivity index (χ2n) is 3.50. The Kier molecular flexibility index (Phi) is 4.19. The van der Waals surface area contributed by atoms with Crippen molar-refractivity contribution in [2.45, 2.75) is 5.33 Å². The molecule has 0 aliphatic carbocycles. The van der Waals surface area contributed by atoms with Crippen LogP contribution in [0.4, 0.5) is 8.78 Å². The number of ether oxygens (including phenoxy) is 1. The minimum atomic E-state index is -0.663. The van der Waals surface area contributed by atoms with E-state index in [1.54, 1.807) is 12.1 Å². The molecule has 0 N–H and O–H groups in total. The Balaban J connectivity index is 2.40. The van der Waals surface area contributed by atoms with Gasteiger partial charge in [0.2, 0.25) is 0 Å². The van der Waals surface area contributed by atoms with Crippen LogP contribution in [-0.4, -0.2) is 0 Å². The van der Waals surface area contributed by atoms with Gasteiger partial charge in [0.1, 0.15) is 11.6 Å². The molecule has 0 bridgehead atoms. The molecular formula is C13H8BrClF2O. The molecule has 2 aromatic carbocycles. The maximum absolute atomic E-state index is 13.7. The van der Waals surface area contributed by atoms with E-state index in [0.29, 0.717) is 5.56 Å². The number of hydrogen-bond acceptors (Lipinski definition) is 1. The van der Waals surface area contributed by atoms with Crippen LogP contribution in [0.5, 0.6) is 11.5 Å². The molecule has 2 rings (SSSR count). The van der Waals surface area contributed by atoms with Crippen LogP contribution in [-0.2, 0) is 5.33 Å². The highest BCUT2D eigenvalue weighted by Gasteiger charge is 2.13. The van der Waals surface area contributed by atoms with Crippen LogP contribution in [0.3, 0.4) is 0 Å². The predicted molar refractivity (Wildman–Crippen MR) is 70.5 cm³/mol. The van der Waals surface area contributed by atoms with Crippen LogP contribution in [0.25, 0.3) is 0 Å². The van der Waals surface area contributed by atoms with E-state index < -0.39 is 11.6 Å². The van der Waals surface area contributed by atoms with E-state index in [1.807, 2.05) is 0 Å². The zero-order chi connectivity index (χ0) is 13.1. The van der Waals surface area contributed by atoms with Crippen LogP contribution >= 0.6 is 27.5 Å². The molecule has 18 heavy (non-hydrogen) atoms. The average Bonchev–Trinajstić information content (AvgIpc) is 2.35. The summed E-state index contributed by atoms with van der Waals surface area (Å²) in [4.78, 5) is 0. The third-order valence-corrected chi connectivity index (χ3v) is 3.20. The van der Waals surface area contributed by atoms with Gasteiger partial charge in [-0.05, 0) is 24.3 Å². The van der Waals surface area contributed by atoms with Crippen molar-refractivity contribution in [3.05, 3.63) is 58.6 Å². The summed E-state index contributed by atoms with van der Waals surface area (Å²) in [5.41, 5.74) is 0.330. The van der Waals surface area contributed by atoms with Crippen molar-refractivity contribution in [1.82, 2.24) is 0 Å². The molecule has 0 atom stereocenters. The molecule has 0 fully saturated rings. The molecule has 94 valence electrons. The predicted octanol–water partition coefficient (Wildman–Crippen LogP) is 5.31. The standard InChI is InChI=1S/C13H8BrClF2O/c14-7-8-10(16)4-2-5-11(8)18-12-6-1-3-9(15)13(12)17/h1-6H,7H2. The first-order valence-electron chi connectivity index (χ1n) is 5.08. The van der Waals surface area contributed by atoms with Crippen LogP contribution in [0.15, 0.2) is 36.4 Å². The fourth-order valence-electron chi connectivity index (χ4n) is 1.45. The topological polar surface area (TPSA) is 9.23 Å². The Bertz CT molecular complexity index is 575. The lowest BCUT2D eigenvalue weighted by Crippen LogP contribution is -1.95. The third kappa shape index (κ3) is 2.65. The molecule has 0 aliphatic heterocycles. The van der Waals surface area contributed by atoms with Crippen molar-refractivity contribution in [3.63, 3.8) is 0 Å². The average molecular weight is 334 g/mol. The monoisotopic (exact) mass is 332 g/mol. The third-order valence-electron chi connectivity index (χ3n) is 2.35. The molecule has 0 spiro atoms. The molecule has 0 saturated heterocycles. The molecule has 1 nitrogen and oxygen atoms in total. The van der Waals surface area contributed by atoms with Crippen molar-refractivity contribution in [1.29, 1.82) is 0 Å². The van der Waals surface area contributed by atoms with Gasteiger partial charge < -0.3 is 4.74 Å². The number of alkyl halides is 1. The Labute approximate surface area is 116 Å². The first kappa shape index (κ1) is 13.3. The Morgan fingerprint density at radius 3 is 2.44 bits per heavy atom. The van der Waals surface area contributed by atoms with Crippen LogP contribution in [0.1, 0.15) is 5.56 Å². The van der Waals surface area contributed by atoms with Gasteiger partial charge in [0.05, 0.1) is 5.02 Å². The van der Waals surface area contributed by atoms with Crippen LogP contribution < -0.4 is 4.74 Å². The number of halogens is 4. The Morgan fingerprint density at radius 1 is 1.06 bits per heavy atom. The zero-order valence-corrected chi connectivity index (χ0v) is 11.4. The summed E-state index contributed by atoms with van der Waals surface area (Å²) in [6.07, 6.45) is 0. The summed E-state index contributed by atoms with van der Waals surface area (Å²) in [6.45, 7) is 0. The summed E-state index contributed by atoms with van der Waals surface area (Å²) in [6, 6.07) is 8.80. The van der Waals surface area contributed by atoms with Gasteiger partial charge in [-0.15, -0.1) is 0 Å². The second kappa shape index (κ2) is 5.67. The zero-order valence-electron chi connectivity index (χ0n) is 9.09. The van der Waals surface area contributed by atoms with Crippen LogP contribution in [0.2, 0.25) is 5.02 Å². The largest absolute Gasteiger partial charge is 0.454 e. The highest BCUT2D eigenvalue weighted by Crippen LogP contribution is 2.32. The molecule has 0 radical (unpaired) electrons. The van der Waals surface area contributed by atoms with E-state index >= 15 is 0 Å². The van der Waals surface area contributed by atoms with Gasteiger partial charge >= 0.3 is 0 Å². The molecule has 0 saturated carbocycles. The van der Waals surface area contributed by atoms with E-state index in [1.165, 1.54) is 24.3 Å². The molecule has 0 unspecified atom stereocenters. The van der Waals surface area contributed by atoms with Gasteiger partial charge in [0.15, 0.2) is 11.6 Å². The molecule has 0 aliphatic rings. The van der Waals surface area contributed by atoms with E-state index in [4.69, 9.17) is 16.3 Å². The summed E-state index contributed by atoms with van der Waals surface area (Å²) in [5, 5.41) is 0.237. The first-order chi connectivity index (χ1) is 8.63. The molecule has 0 heterocycles. The lowest BCUT2D eigenvalue weighted by molar-refractivity contribution is 0.435. The van der Waals surface area contributed by atoms with Gasteiger partial charge in [-0.25, -0.2) is 8.78 Å². The van der Waals surface area contributed by atoms with Crippen LogP contribution in [0, 0.1) is 11.6 Å². The molecule has 0 amide bonds. The van der Waals surface area contributed by atoms with E-state index in [-0.39, 0.29) is 21.9 Å². The van der Waals surface area contributed by atoms with Crippen molar-refractivity contribution in [2.75, 3.05) is 0 Å². The highest BCUT2D eigenvalue weighted by atomic mass is 79.9. The molecule has 2 aromatic rings. The second-order valence-corrected chi connectivity index (χ2v) is 4.47. The van der Waals surface area contributed by atoms with Crippen molar-refractivity contribution in [3.8, 4) is 11.5 Å². The number of benzene rings is 2. The van der Waals surface area contributed by atoms with E-state index in [9.17, 15) is 8.78 Å². The molecule has 5 heteroatoms. The van der Waals surface area contributed by atoms with E-state index in [2.05, 4.69) is 15.9 Å². The van der Waals surface area contributed by atoms with Crippen molar-refractivity contribution in [2.24, 2.45) is 0 Å². The normalized spacial score (nSPS) is 10.4. The van der Waals surface area contributed by atoms with Gasteiger partial charge in [-0.2, -0.15) is 0 Å². The lowest BCUT2D eigenvalue weighted by atomic mass is 10.2. The SMILES string of the molecule is Fc1cccc(Oc2cccc(Cl)c2F)c1CBr. The van der Waals surface area contributed by atoms with Gasteiger partial charge in [-0.1, -0.05) is 39.7 Å². The quantitative estimate of drug-likeness (QED) is 0.692. The van der Waals surface area contributed by atoms with Gasteiger partial charge in [0, 0.05) is 10.9 Å². The molecular weight excluding hydrogens is 325 g/mol. The minimum absolute atomic E-state index is 0.0321. The maximum Gasteiger partial charge on any atom is 0.184 e. The van der Waals surface area contributed by atoms with Crippen molar-refractivity contribution >= 4 is 27.5 Å². The lowest BCUT2D eigenvalue weighted by Gasteiger charge is -2.11. The maximum atomic E-state index is 13.7. The Morgan fingerprint density at radius 2 is 1.72 bits per heavy atom. The van der Waals surface area contributed by atoms with Crippen molar-refractivity contribution < 1.29 is 13.5 Å². The van der Waals surface area contributed by atoms with E-state index in [0.717, 1.165) is 0 Å². The summed E-state index contributed by atoms with van der Waals surface area (Å²) >= 11 is 8.81. The first-order valence-corrected chi connectivity index (χ1v) is 6.58. The van der Waals surface area contributed by atoms with Gasteiger partial charge in [0.25, 0.3) is 0 Å². The highest BCUT2D eigenvalue weighted by molar-refractivity contribution is 9.08. The number of rotatable bonds is 3. The van der Waals surface area contributed by atoms with Gasteiger partial charge in [-0.3, -0.25) is 0 Å².